The molecule has 1 aliphatic carbocycles. The van der Waals surface area contributed by atoms with E-state index in [1.165, 1.54) is 26.0 Å². The Kier molecular flexibility index (Phi) is 4.07. The van der Waals surface area contributed by atoms with Gasteiger partial charge in [-0.05, 0) is 24.8 Å². The highest BCUT2D eigenvalue weighted by molar-refractivity contribution is 5.44. The first-order chi connectivity index (χ1) is 8.67. The molecule has 0 radical (unpaired) electrons. The number of benzene rings is 1. The molecular formula is C14H20FNO2. The van der Waals surface area contributed by atoms with Crippen LogP contribution in [0.15, 0.2) is 12.1 Å². The lowest BCUT2D eigenvalue weighted by atomic mass is 9.92. The highest BCUT2D eigenvalue weighted by atomic mass is 19.1. The summed E-state index contributed by atoms with van der Waals surface area (Å²) in [5.41, 5.74) is 6.71. The monoisotopic (exact) mass is 253 g/mol. The van der Waals surface area contributed by atoms with E-state index >= 15 is 0 Å². The van der Waals surface area contributed by atoms with E-state index in [0.717, 1.165) is 12.8 Å². The molecule has 1 aliphatic rings. The fourth-order valence-corrected chi connectivity index (χ4v) is 2.70. The topological polar surface area (TPSA) is 44.5 Å². The molecule has 1 atom stereocenters. The van der Waals surface area contributed by atoms with Crippen LogP contribution in [0.4, 0.5) is 4.39 Å². The zero-order valence-corrected chi connectivity index (χ0v) is 10.9. The molecule has 100 valence electrons. The highest BCUT2D eigenvalue weighted by Crippen LogP contribution is 2.38. The molecule has 0 unspecified atom stereocenters. The van der Waals surface area contributed by atoms with Gasteiger partial charge in [-0.2, -0.15) is 0 Å². The number of nitrogens with two attached hydrogens (primary N) is 1. The van der Waals surface area contributed by atoms with E-state index in [9.17, 15) is 4.39 Å². The Labute approximate surface area is 107 Å². The Hall–Kier alpha value is -1.29. The Bertz CT molecular complexity index is 417. The van der Waals surface area contributed by atoms with E-state index in [2.05, 4.69) is 0 Å². The zero-order valence-electron chi connectivity index (χ0n) is 10.9. The van der Waals surface area contributed by atoms with Crippen LogP contribution in [0.1, 0.15) is 37.3 Å². The first-order valence-corrected chi connectivity index (χ1v) is 6.34. The van der Waals surface area contributed by atoms with Gasteiger partial charge in [0.1, 0.15) is 5.82 Å². The minimum atomic E-state index is -0.313. The van der Waals surface area contributed by atoms with Crippen LogP contribution in [0.3, 0.4) is 0 Å². The first-order valence-electron chi connectivity index (χ1n) is 6.34. The molecule has 0 bridgehead atoms. The molecule has 0 aromatic heterocycles. The van der Waals surface area contributed by atoms with Gasteiger partial charge in [-0.1, -0.05) is 12.8 Å². The number of hydrogen-bond acceptors (Lipinski definition) is 3. The summed E-state index contributed by atoms with van der Waals surface area (Å²) in [6, 6.07) is 2.76. The molecule has 3 nitrogen and oxygen atoms in total. The van der Waals surface area contributed by atoms with Crippen molar-refractivity contribution in [3.8, 4) is 11.5 Å². The van der Waals surface area contributed by atoms with E-state index in [-0.39, 0.29) is 11.9 Å². The molecule has 1 aromatic carbocycles. The lowest BCUT2D eigenvalue weighted by Crippen LogP contribution is -2.20. The minimum Gasteiger partial charge on any atom is -0.493 e. The van der Waals surface area contributed by atoms with Gasteiger partial charge in [0, 0.05) is 17.7 Å². The van der Waals surface area contributed by atoms with Gasteiger partial charge in [-0.15, -0.1) is 0 Å². The van der Waals surface area contributed by atoms with Gasteiger partial charge in [0.25, 0.3) is 0 Å². The SMILES string of the molecule is COc1cc(F)c([C@@H](N)C2CCCC2)cc1OC. The third-order valence-electron chi connectivity index (χ3n) is 3.77. The summed E-state index contributed by atoms with van der Waals surface area (Å²) in [7, 11) is 3.04. The molecule has 0 heterocycles. The van der Waals surface area contributed by atoms with Crippen molar-refractivity contribution in [3.05, 3.63) is 23.5 Å². The predicted molar refractivity (Wildman–Crippen MR) is 68.4 cm³/mol. The van der Waals surface area contributed by atoms with Crippen molar-refractivity contribution >= 4 is 0 Å². The summed E-state index contributed by atoms with van der Waals surface area (Å²) in [5.74, 6) is 0.990. The van der Waals surface area contributed by atoms with E-state index in [1.54, 1.807) is 13.2 Å². The van der Waals surface area contributed by atoms with Crippen molar-refractivity contribution in [3.63, 3.8) is 0 Å². The van der Waals surface area contributed by atoms with Gasteiger partial charge >= 0.3 is 0 Å². The molecular weight excluding hydrogens is 233 g/mol. The number of hydrogen-bond donors (Lipinski definition) is 1. The normalized spacial score (nSPS) is 17.8. The van der Waals surface area contributed by atoms with Crippen LogP contribution in [-0.4, -0.2) is 14.2 Å². The summed E-state index contributed by atoms with van der Waals surface area (Å²) in [5, 5.41) is 0. The van der Waals surface area contributed by atoms with Gasteiger partial charge < -0.3 is 15.2 Å². The smallest absolute Gasteiger partial charge is 0.163 e. The molecule has 4 heteroatoms. The summed E-state index contributed by atoms with van der Waals surface area (Å²) >= 11 is 0. The number of rotatable bonds is 4. The van der Waals surface area contributed by atoms with Crippen molar-refractivity contribution in [2.75, 3.05) is 14.2 Å². The van der Waals surface area contributed by atoms with Gasteiger partial charge in [0.15, 0.2) is 11.5 Å². The van der Waals surface area contributed by atoms with Crippen LogP contribution in [0.2, 0.25) is 0 Å². The Morgan fingerprint density at radius 3 is 2.28 bits per heavy atom. The first kappa shape index (κ1) is 13.1. The summed E-state index contributed by atoms with van der Waals surface area (Å²) in [6.45, 7) is 0. The maximum atomic E-state index is 14.0. The fraction of sp³-hybridized carbons (Fsp3) is 0.571. The molecule has 0 aliphatic heterocycles. The lowest BCUT2D eigenvalue weighted by Gasteiger charge is -2.21. The molecule has 2 rings (SSSR count). The van der Waals surface area contributed by atoms with E-state index in [1.807, 2.05) is 0 Å². The molecule has 1 fully saturated rings. The van der Waals surface area contributed by atoms with Gasteiger partial charge in [0.05, 0.1) is 14.2 Å². The van der Waals surface area contributed by atoms with Crippen molar-refractivity contribution in [2.45, 2.75) is 31.7 Å². The Morgan fingerprint density at radius 1 is 1.17 bits per heavy atom. The molecule has 1 saturated carbocycles. The van der Waals surface area contributed by atoms with Crippen LogP contribution in [0.5, 0.6) is 11.5 Å². The largest absolute Gasteiger partial charge is 0.493 e. The minimum absolute atomic E-state index is 0.257. The van der Waals surface area contributed by atoms with Crippen LogP contribution in [0, 0.1) is 11.7 Å². The second-order valence-electron chi connectivity index (χ2n) is 4.80. The Morgan fingerprint density at radius 2 is 1.72 bits per heavy atom. The lowest BCUT2D eigenvalue weighted by molar-refractivity contribution is 0.348. The molecule has 1 aromatic rings. The molecule has 0 spiro atoms. The second kappa shape index (κ2) is 5.57. The summed E-state index contributed by atoms with van der Waals surface area (Å²) in [6.07, 6.45) is 4.53. The standard InChI is InChI=1S/C14H20FNO2/c1-17-12-7-10(11(15)8-13(12)18-2)14(16)9-5-3-4-6-9/h7-9,14H,3-6,16H2,1-2H3/t14-/m0/s1. The average molecular weight is 253 g/mol. The van der Waals surface area contributed by atoms with Crippen LogP contribution in [-0.2, 0) is 0 Å². The fourth-order valence-electron chi connectivity index (χ4n) is 2.70. The van der Waals surface area contributed by atoms with E-state index in [0.29, 0.717) is 23.0 Å². The van der Waals surface area contributed by atoms with Crippen molar-refractivity contribution in [1.82, 2.24) is 0 Å². The van der Waals surface area contributed by atoms with Crippen LogP contribution in [0.25, 0.3) is 0 Å². The maximum Gasteiger partial charge on any atom is 0.163 e. The molecule has 18 heavy (non-hydrogen) atoms. The summed E-state index contributed by atoms with van der Waals surface area (Å²) < 4.78 is 24.3. The predicted octanol–water partition coefficient (Wildman–Crippen LogP) is 3.03. The maximum absolute atomic E-state index is 14.0. The highest BCUT2D eigenvalue weighted by Gasteiger charge is 2.26. The zero-order chi connectivity index (χ0) is 13.1. The van der Waals surface area contributed by atoms with E-state index < -0.39 is 0 Å². The summed E-state index contributed by atoms with van der Waals surface area (Å²) in [4.78, 5) is 0. The molecule has 0 saturated heterocycles. The number of methoxy groups -OCH3 is 2. The number of ether oxygens (including phenoxy) is 2. The molecule has 2 N–H and O–H groups in total. The van der Waals surface area contributed by atoms with Crippen LogP contribution >= 0.6 is 0 Å². The van der Waals surface area contributed by atoms with Gasteiger partial charge in [0.2, 0.25) is 0 Å². The quantitative estimate of drug-likeness (QED) is 0.897. The van der Waals surface area contributed by atoms with E-state index in [4.69, 9.17) is 15.2 Å². The van der Waals surface area contributed by atoms with Gasteiger partial charge in [-0.3, -0.25) is 0 Å². The third-order valence-corrected chi connectivity index (χ3v) is 3.77. The van der Waals surface area contributed by atoms with Crippen molar-refractivity contribution < 1.29 is 13.9 Å². The van der Waals surface area contributed by atoms with Gasteiger partial charge in [-0.25, -0.2) is 4.39 Å². The Balaban J connectivity index is 2.31. The number of halogens is 1. The second-order valence-corrected chi connectivity index (χ2v) is 4.80. The van der Waals surface area contributed by atoms with Crippen LogP contribution < -0.4 is 15.2 Å². The van der Waals surface area contributed by atoms with Crippen molar-refractivity contribution in [1.29, 1.82) is 0 Å². The third kappa shape index (κ3) is 2.43. The van der Waals surface area contributed by atoms with Crippen molar-refractivity contribution in [2.24, 2.45) is 11.7 Å². The molecule has 0 amide bonds. The average Bonchev–Trinajstić information content (AvgIpc) is 2.91.